The van der Waals surface area contributed by atoms with Crippen molar-refractivity contribution in [2.24, 2.45) is 0 Å². The predicted molar refractivity (Wildman–Crippen MR) is 147 cm³/mol. The second kappa shape index (κ2) is 14.1. The van der Waals surface area contributed by atoms with Crippen molar-refractivity contribution in [3.05, 3.63) is 65.7 Å². The first-order valence-electron chi connectivity index (χ1n) is 13.6. The number of amides is 2. The number of alkyl halides is 3. The van der Waals surface area contributed by atoms with Gasteiger partial charge in [0.25, 0.3) is 0 Å². The average molecular weight is 582 g/mol. The van der Waals surface area contributed by atoms with Crippen molar-refractivity contribution in [1.82, 2.24) is 15.1 Å². The summed E-state index contributed by atoms with van der Waals surface area (Å²) in [4.78, 5) is 29.7. The van der Waals surface area contributed by atoms with Crippen molar-refractivity contribution in [1.29, 1.82) is 0 Å². The molecule has 220 valence electrons. The Labute approximate surface area is 234 Å². The Hall–Kier alpha value is -2.92. The van der Waals surface area contributed by atoms with E-state index < -0.39 is 34.8 Å². The van der Waals surface area contributed by atoms with Gasteiger partial charge in [0.2, 0.25) is 11.8 Å². The zero-order chi connectivity index (χ0) is 29.3. The number of benzene rings is 2. The van der Waals surface area contributed by atoms with E-state index in [4.69, 9.17) is 0 Å². The summed E-state index contributed by atoms with van der Waals surface area (Å²) in [5.74, 6) is -0.619. The van der Waals surface area contributed by atoms with E-state index in [1.165, 1.54) is 12.1 Å². The minimum absolute atomic E-state index is 0.00114. The van der Waals surface area contributed by atoms with Crippen LogP contribution in [0.3, 0.4) is 0 Å². The maximum atomic E-state index is 13.1. The molecule has 40 heavy (non-hydrogen) atoms. The molecule has 2 aromatic carbocycles. The van der Waals surface area contributed by atoms with Crippen LogP contribution in [0.25, 0.3) is 0 Å². The molecule has 1 aliphatic heterocycles. The summed E-state index contributed by atoms with van der Waals surface area (Å²) in [7, 11) is -3.29. The van der Waals surface area contributed by atoms with Gasteiger partial charge in [0.15, 0.2) is 9.84 Å². The fourth-order valence-electron chi connectivity index (χ4n) is 5.06. The third-order valence-corrected chi connectivity index (χ3v) is 8.40. The van der Waals surface area contributed by atoms with Gasteiger partial charge >= 0.3 is 6.18 Å². The maximum Gasteiger partial charge on any atom is 0.389 e. The van der Waals surface area contributed by atoms with Gasteiger partial charge in [0.05, 0.1) is 23.8 Å². The molecule has 0 radical (unpaired) electrons. The topological polar surface area (TPSA) is 86.8 Å². The number of carbonyl (C=O) groups excluding carboxylic acids is 2. The standard InChI is InChI=1S/C29H38F3N3O4S/c1-3-35(28(37)21-22-9-11-25(12-10-22)40(2,38)39)24-14-18-34(19-15-24)20-16-26(23-7-5-4-6-8-23)33-27(36)13-17-29(30,31)32/h4-12,24,26H,3,13-21H2,1-2H3,(H,33,36)/t26-/m0/s1. The van der Waals surface area contributed by atoms with Gasteiger partial charge < -0.3 is 15.1 Å². The van der Waals surface area contributed by atoms with Crippen LogP contribution in [0.4, 0.5) is 13.2 Å². The van der Waals surface area contributed by atoms with Gasteiger partial charge in [-0.3, -0.25) is 9.59 Å². The maximum absolute atomic E-state index is 13.1. The molecule has 1 atom stereocenters. The van der Waals surface area contributed by atoms with Gasteiger partial charge in [0, 0.05) is 44.9 Å². The highest BCUT2D eigenvalue weighted by Crippen LogP contribution is 2.24. The van der Waals surface area contributed by atoms with Crippen LogP contribution in [0, 0.1) is 0 Å². The Morgan fingerprint density at radius 3 is 2.23 bits per heavy atom. The monoisotopic (exact) mass is 581 g/mol. The van der Waals surface area contributed by atoms with Gasteiger partial charge in [-0.2, -0.15) is 13.2 Å². The first-order chi connectivity index (χ1) is 18.9. The molecule has 1 N–H and O–H groups in total. The lowest BCUT2D eigenvalue weighted by atomic mass is 9.99. The van der Waals surface area contributed by atoms with Crippen LogP contribution in [-0.4, -0.2) is 74.7 Å². The van der Waals surface area contributed by atoms with Crippen molar-refractivity contribution < 1.29 is 31.2 Å². The van der Waals surface area contributed by atoms with Crippen LogP contribution in [0.1, 0.15) is 56.2 Å². The van der Waals surface area contributed by atoms with Crippen molar-refractivity contribution >= 4 is 21.7 Å². The first-order valence-corrected chi connectivity index (χ1v) is 15.5. The van der Waals surface area contributed by atoms with Gasteiger partial charge in [-0.05, 0) is 49.4 Å². The minimum atomic E-state index is -4.37. The Bertz CT molecular complexity index is 1210. The van der Waals surface area contributed by atoms with Crippen LogP contribution in [0.15, 0.2) is 59.5 Å². The van der Waals surface area contributed by atoms with E-state index in [-0.39, 0.29) is 29.3 Å². The van der Waals surface area contributed by atoms with Crippen molar-refractivity contribution in [2.45, 2.75) is 68.6 Å². The molecule has 1 fully saturated rings. The van der Waals surface area contributed by atoms with Gasteiger partial charge in [-0.1, -0.05) is 42.5 Å². The zero-order valence-electron chi connectivity index (χ0n) is 23.0. The number of hydrogen-bond donors (Lipinski definition) is 1. The third-order valence-electron chi connectivity index (χ3n) is 7.27. The predicted octanol–water partition coefficient (Wildman–Crippen LogP) is 4.54. The number of halogens is 3. The van der Waals surface area contributed by atoms with E-state index >= 15 is 0 Å². The number of piperidine rings is 1. The van der Waals surface area contributed by atoms with E-state index in [0.717, 1.165) is 43.3 Å². The Balaban J connectivity index is 1.52. The summed E-state index contributed by atoms with van der Waals surface area (Å²) in [5.41, 5.74) is 1.61. The molecule has 0 aromatic heterocycles. The van der Waals surface area contributed by atoms with E-state index in [0.29, 0.717) is 19.5 Å². The van der Waals surface area contributed by atoms with Gasteiger partial charge in [-0.25, -0.2) is 8.42 Å². The number of sulfone groups is 1. The molecule has 0 bridgehead atoms. The van der Waals surface area contributed by atoms with E-state index in [2.05, 4.69) is 10.2 Å². The van der Waals surface area contributed by atoms with E-state index in [1.807, 2.05) is 42.2 Å². The number of carbonyl (C=O) groups is 2. The summed E-state index contributed by atoms with van der Waals surface area (Å²) < 4.78 is 61.1. The molecule has 0 unspecified atom stereocenters. The summed E-state index contributed by atoms with van der Waals surface area (Å²) in [6.07, 6.45) is -2.62. The molecular weight excluding hydrogens is 543 g/mol. The second-order valence-electron chi connectivity index (χ2n) is 10.3. The molecule has 1 heterocycles. The number of rotatable bonds is 12. The smallest absolute Gasteiger partial charge is 0.349 e. The SMILES string of the molecule is CCN(C(=O)Cc1ccc(S(C)(=O)=O)cc1)C1CCN(CC[C@H](NC(=O)CCC(F)(F)F)c2ccccc2)CC1. The van der Waals surface area contributed by atoms with Crippen LogP contribution in [0.5, 0.6) is 0 Å². The van der Waals surface area contributed by atoms with Gasteiger partial charge in [0.1, 0.15) is 0 Å². The lowest BCUT2D eigenvalue weighted by Gasteiger charge is -2.38. The van der Waals surface area contributed by atoms with Crippen LogP contribution in [-0.2, 0) is 25.8 Å². The number of nitrogens with zero attached hydrogens (tertiary/aromatic N) is 2. The minimum Gasteiger partial charge on any atom is -0.349 e. The molecule has 7 nitrogen and oxygen atoms in total. The Morgan fingerprint density at radius 1 is 1.05 bits per heavy atom. The molecular formula is C29H38F3N3O4S. The quantitative estimate of drug-likeness (QED) is 0.398. The highest BCUT2D eigenvalue weighted by molar-refractivity contribution is 7.90. The Kier molecular flexibility index (Phi) is 11.2. The number of likely N-dealkylation sites (N-methyl/N-ethyl adjacent to an activating group) is 1. The normalized spacial score (nSPS) is 15.9. The van der Waals surface area contributed by atoms with E-state index in [9.17, 15) is 31.2 Å². The lowest BCUT2D eigenvalue weighted by Crippen LogP contribution is -2.48. The third kappa shape index (κ3) is 9.92. The molecule has 2 amide bonds. The molecule has 0 spiro atoms. The van der Waals surface area contributed by atoms with Crippen molar-refractivity contribution in [2.75, 3.05) is 32.4 Å². The fraction of sp³-hybridized carbons (Fsp3) is 0.517. The molecule has 1 saturated heterocycles. The fourth-order valence-corrected chi connectivity index (χ4v) is 5.69. The zero-order valence-corrected chi connectivity index (χ0v) is 23.8. The molecule has 0 aliphatic carbocycles. The molecule has 3 rings (SSSR count). The first kappa shape index (κ1) is 31.6. The number of likely N-dealkylation sites (tertiary alicyclic amines) is 1. The molecule has 1 aliphatic rings. The summed E-state index contributed by atoms with van der Waals surface area (Å²) in [6.45, 7) is 4.72. The Morgan fingerprint density at radius 2 is 1.68 bits per heavy atom. The van der Waals surface area contributed by atoms with Crippen molar-refractivity contribution in [3.63, 3.8) is 0 Å². The lowest BCUT2D eigenvalue weighted by molar-refractivity contribution is -0.144. The van der Waals surface area contributed by atoms with Crippen LogP contribution >= 0.6 is 0 Å². The highest BCUT2D eigenvalue weighted by atomic mass is 32.2. The molecule has 11 heteroatoms. The average Bonchev–Trinajstić information content (AvgIpc) is 2.91. The molecule has 0 saturated carbocycles. The largest absolute Gasteiger partial charge is 0.389 e. The summed E-state index contributed by atoms with van der Waals surface area (Å²) in [6, 6.07) is 15.4. The van der Waals surface area contributed by atoms with Gasteiger partial charge in [-0.15, -0.1) is 0 Å². The highest BCUT2D eigenvalue weighted by Gasteiger charge is 2.30. The summed E-state index contributed by atoms with van der Waals surface area (Å²) >= 11 is 0. The summed E-state index contributed by atoms with van der Waals surface area (Å²) in [5, 5.41) is 2.78. The van der Waals surface area contributed by atoms with Crippen molar-refractivity contribution in [3.8, 4) is 0 Å². The molecule has 2 aromatic rings. The second-order valence-corrected chi connectivity index (χ2v) is 12.3. The number of nitrogens with one attached hydrogen (secondary N) is 1. The van der Waals surface area contributed by atoms with Crippen LogP contribution < -0.4 is 5.32 Å². The van der Waals surface area contributed by atoms with E-state index in [1.54, 1.807) is 12.1 Å². The number of hydrogen-bond acceptors (Lipinski definition) is 5. The van der Waals surface area contributed by atoms with Crippen LogP contribution in [0.2, 0.25) is 0 Å².